The van der Waals surface area contributed by atoms with Gasteiger partial charge < -0.3 is 0 Å². The van der Waals surface area contributed by atoms with Crippen LogP contribution in [-0.2, 0) is 0 Å². The zero-order valence-corrected chi connectivity index (χ0v) is 13.4. The van der Waals surface area contributed by atoms with Crippen LogP contribution >= 0.6 is 0 Å². The Labute approximate surface area is 134 Å². The normalized spacial score (nSPS) is 23.1. The van der Waals surface area contributed by atoms with Crippen LogP contribution in [0.1, 0.15) is 38.2 Å². The molecule has 112 valence electrons. The van der Waals surface area contributed by atoms with Crippen molar-refractivity contribution in [3.8, 4) is 0 Å². The van der Waals surface area contributed by atoms with E-state index in [0.717, 1.165) is 12.8 Å². The smallest absolute Gasteiger partial charge is 0.00456 e. The molecule has 0 nitrogen and oxygen atoms in total. The summed E-state index contributed by atoms with van der Waals surface area (Å²) in [5.41, 5.74) is 8.14. The van der Waals surface area contributed by atoms with Crippen LogP contribution < -0.4 is 0 Å². The summed E-state index contributed by atoms with van der Waals surface area (Å²) in [6.07, 6.45) is 11.2. The maximum atomic E-state index is 4.33. The van der Waals surface area contributed by atoms with E-state index in [4.69, 9.17) is 0 Å². The Kier molecular flexibility index (Phi) is 4.29. The van der Waals surface area contributed by atoms with Crippen LogP contribution in [0.5, 0.6) is 0 Å². The predicted molar refractivity (Wildman–Crippen MR) is 96.5 cm³/mol. The fourth-order valence-electron chi connectivity index (χ4n) is 3.48. The SMILES string of the molecule is C=C1C/C(=C\C2=CC=C(c3ccccc3)C2)C(=C)C1CCC. The molecule has 2 aliphatic rings. The Morgan fingerprint density at radius 3 is 2.59 bits per heavy atom. The summed E-state index contributed by atoms with van der Waals surface area (Å²) in [6.45, 7) is 10.8. The lowest BCUT2D eigenvalue weighted by molar-refractivity contribution is 0.658. The molecule has 1 aromatic carbocycles. The molecule has 22 heavy (non-hydrogen) atoms. The van der Waals surface area contributed by atoms with Gasteiger partial charge in [-0.05, 0) is 47.1 Å². The first-order chi connectivity index (χ1) is 10.7. The third kappa shape index (κ3) is 2.92. The molecule has 0 aromatic heterocycles. The summed E-state index contributed by atoms with van der Waals surface area (Å²) < 4.78 is 0. The molecule has 0 bridgehead atoms. The third-order valence-electron chi connectivity index (χ3n) is 4.72. The maximum absolute atomic E-state index is 4.33. The minimum atomic E-state index is 0.500. The lowest BCUT2D eigenvalue weighted by Crippen LogP contribution is -1.97. The van der Waals surface area contributed by atoms with E-state index in [2.05, 4.69) is 68.6 Å². The first-order valence-electron chi connectivity index (χ1n) is 8.21. The predicted octanol–water partition coefficient (Wildman–Crippen LogP) is 6.26. The number of hydrogen-bond acceptors (Lipinski definition) is 0. The second-order valence-corrected chi connectivity index (χ2v) is 6.35. The van der Waals surface area contributed by atoms with Crippen molar-refractivity contribution in [2.75, 3.05) is 0 Å². The van der Waals surface area contributed by atoms with E-state index >= 15 is 0 Å². The van der Waals surface area contributed by atoms with Crippen LogP contribution in [0.4, 0.5) is 0 Å². The fraction of sp³-hybridized carbons (Fsp3) is 0.273. The van der Waals surface area contributed by atoms with Crippen LogP contribution in [0.25, 0.3) is 5.57 Å². The van der Waals surface area contributed by atoms with E-state index in [9.17, 15) is 0 Å². The molecule has 0 radical (unpaired) electrons. The van der Waals surface area contributed by atoms with E-state index in [1.165, 1.54) is 46.3 Å². The molecule has 3 rings (SSSR count). The van der Waals surface area contributed by atoms with Crippen molar-refractivity contribution in [2.24, 2.45) is 5.92 Å². The molecule has 0 aliphatic heterocycles. The van der Waals surface area contributed by atoms with Gasteiger partial charge in [0.1, 0.15) is 0 Å². The summed E-state index contributed by atoms with van der Waals surface area (Å²) in [5, 5.41) is 0. The monoisotopic (exact) mass is 288 g/mol. The first-order valence-corrected chi connectivity index (χ1v) is 8.21. The van der Waals surface area contributed by atoms with Crippen molar-refractivity contribution in [3.63, 3.8) is 0 Å². The van der Waals surface area contributed by atoms with Gasteiger partial charge in [-0.15, -0.1) is 0 Å². The zero-order valence-electron chi connectivity index (χ0n) is 13.4. The van der Waals surface area contributed by atoms with Gasteiger partial charge in [0, 0.05) is 5.92 Å². The van der Waals surface area contributed by atoms with Crippen molar-refractivity contribution < 1.29 is 0 Å². The third-order valence-corrected chi connectivity index (χ3v) is 4.72. The zero-order chi connectivity index (χ0) is 15.5. The van der Waals surface area contributed by atoms with Gasteiger partial charge in [-0.2, -0.15) is 0 Å². The molecular formula is C22H24. The molecule has 0 spiro atoms. The number of hydrogen-bond donors (Lipinski definition) is 0. The fourth-order valence-corrected chi connectivity index (χ4v) is 3.48. The second kappa shape index (κ2) is 6.36. The van der Waals surface area contributed by atoms with Crippen LogP contribution in [0, 0.1) is 5.92 Å². The number of allylic oxidation sites excluding steroid dienone is 8. The standard InChI is InChI=1S/C22H24/c1-4-8-22-16(2)13-21(17(22)3)15-18-11-12-20(14-18)19-9-6-5-7-10-19/h5-7,9-12,15,22H,2-4,8,13-14H2,1H3/b21-15+. The van der Waals surface area contributed by atoms with E-state index < -0.39 is 0 Å². The van der Waals surface area contributed by atoms with Crippen LogP contribution in [0.2, 0.25) is 0 Å². The Balaban J connectivity index is 1.71. The average Bonchev–Trinajstić information content (AvgIpc) is 3.09. The Hall–Kier alpha value is -2.08. The minimum Gasteiger partial charge on any atom is -0.0989 e. The van der Waals surface area contributed by atoms with Gasteiger partial charge in [0.05, 0.1) is 0 Å². The van der Waals surface area contributed by atoms with Gasteiger partial charge in [-0.1, -0.05) is 80.6 Å². The highest BCUT2D eigenvalue weighted by Gasteiger charge is 2.26. The van der Waals surface area contributed by atoms with E-state index in [1.807, 2.05) is 0 Å². The van der Waals surface area contributed by atoms with Crippen molar-refractivity contribution in [1.82, 2.24) is 0 Å². The van der Waals surface area contributed by atoms with Crippen LogP contribution in [0.3, 0.4) is 0 Å². The lowest BCUT2D eigenvalue weighted by Gasteiger charge is -2.10. The quantitative estimate of drug-likeness (QED) is 0.574. The first kappa shape index (κ1) is 14.8. The summed E-state index contributed by atoms with van der Waals surface area (Å²) in [5.74, 6) is 0.500. The summed E-state index contributed by atoms with van der Waals surface area (Å²) in [4.78, 5) is 0. The second-order valence-electron chi connectivity index (χ2n) is 6.35. The summed E-state index contributed by atoms with van der Waals surface area (Å²) >= 11 is 0. The Bertz CT molecular complexity index is 680. The van der Waals surface area contributed by atoms with Gasteiger partial charge in [0.25, 0.3) is 0 Å². The highest BCUT2D eigenvalue weighted by molar-refractivity contribution is 5.73. The van der Waals surface area contributed by atoms with Crippen molar-refractivity contribution in [1.29, 1.82) is 0 Å². The number of rotatable bonds is 4. The molecule has 1 unspecified atom stereocenters. The van der Waals surface area contributed by atoms with Gasteiger partial charge in [0.15, 0.2) is 0 Å². The molecule has 1 saturated carbocycles. The van der Waals surface area contributed by atoms with Gasteiger partial charge in [-0.3, -0.25) is 0 Å². The van der Waals surface area contributed by atoms with E-state index in [0.29, 0.717) is 5.92 Å². The van der Waals surface area contributed by atoms with Crippen molar-refractivity contribution in [3.05, 3.63) is 89.6 Å². The summed E-state index contributed by atoms with van der Waals surface area (Å²) in [7, 11) is 0. The largest absolute Gasteiger partial charge is 0.0989 e. The molecule has 1 aromatic rings. The highest BCUT2D eigenvalue weighted by atomic mass is 14.3. The van der Waals surface area contributed by atoms with Crippen molar-refractivity contribution >= 4 is 5.57 Å². The summed E-state index contributed by atoms with van der Waals surface area (Å²) in [6, 6.07) is 10.6. The van der Waals surface area contributed by atoms with E-state index in [-0.39, 0.29) is 0 Å². The average molecular weight is 288 g/mol. The molecule has 1 fully saturated rings. The van der Waals surface area contributed by atoms with Gasteiger partial charge >= 0.3 is 0 Å². The van der Waals surface area contributed by atoms with Gasteiger partial charge in [-0.25, -0.2) is 0 Å². The minimum absolute atomic E-state index is 0.500. The van der Waals surface area contributed by atoms with Crippen LogP contribution in [-0.4, -0.2) is 0 Å². The Morgan fingerprint density at radius 2 is 1.86 bits per heavy atom. The van der Waals surface area contributed by atoms with Crippen molar-refractivity contribution in [2.45, 2.75) is 32.6 Å². The highest BCUT2D eigenvalue weighted by Crippen LogP contribution is 2.42. The Morgan fingerprint density at radius 1 is 1.09 bits per heavy atom. The number of benzene rings is 1. The van der Waals surface area contributed by atoms with Crippen LogP contribution in [0.15, 0.2) is 84.0 Å². The topological polar surface area (TPSA) is 0 Å². The maximum Gasteiger partial charge on any atom is 0.00456 e. The lowest BCUT2D eigenvalue weighted by atomic mass is 9.94. The molecule has 0 N–H and O–H groups in total. The molecule has 0 saturated heterocycles. The molecule has 1 atom stereocenters. The molecule has 0 heteroatoms. The molecular weight excluding hydrogens is 264 g/mol. The molecule has 0 heterocycles. The van der Waals surface area contributed by atoms with E-state index in [1.54, 1.807) is 0 Å². The van der Waals surface area contributed by atoms with Gasteiger partial charge in [0.2, 0.25) is 0 Å². The molecule has 0 amide bonds. The molecule has 2 aliphatic carbocycles.